The van der Waals surface area contributed by atoms with Crippen LogP contribution in [0.25, 0.3) is 0 Å². The summed E-state index contributed by atoms with van der Waals surface area (Å²) >= 11 is 0. The molecule has 0 aromatic heterocycles. The van der Waals surface area contributed by atoms with Gasteiger partial charge in [-0.1, -0.05) is 74.5 Å². The Hall–Kier alpha value is -4.07. The predicted molar refractivity (Wildman–Crippen MR) is 131 cm³/mol. The Balaban J connectivity index is 1.36. The summed E-state index contributed by atoms with van der Waals surface area (Å²) in [4.78, 5) is 34.1. The lowest BCUT2D eigenvalue weighted by Crippen LogP contribution is -2.65. The van der Waals surface area contributed by atoms with Crippen molar-refractivity contribution in [1.29, 1.82) is 0 Å². The fourth-order valence-electron chi connectivity index (χ4n) is 8.15. The van der Waals surface area contributed by atoms with Crippen molar-refractivity contribution in [2.24, 2.45) is 17.3 Å². The van der Waals surface area contributed by atoms with E-state index in [0.29, 0.717) is 12.3 Å². The summed E-state index contributed by atoms with van der Waals surface area (Å²) in [5, 5.41) is 22.5. The maximum atomic E-state index is 13.1. The quantitative estimate of drug-likeness (QED) is 0.256. The zero-order chi connectivity index (χ0) is 25.5. The molecule has 182 valence electrons. The van der Waals surface area contributed by atoms with E-state index in [1.807, 2.05) is 24.3 Å². The van der Waals surface area contributed by atoms with Gasteiger partial charge >= 0.3 is 5.97 Å². The Bertz CT molecular complexity index is 1390. The molecule has 0 spiro atoms. The maximum absolute atomic E-state index is 13.1. The number of ether oxygens (including phenoxy) is 1. The summed E-state index contributed by atoms with van der Waals surface area (Å²) in [6, 6.07) is 23.8. The number of carbonyl (C=O) groups is 1. The first-order chi connectivity index (χ1) is 17.2. The fourth-order valence-corrected chi connectivity index (χ4v) is 8.15. The van der Waals surface area contributed by atoms with Crippen LogP contribution in [0.15, 0.2) is 78.9 Å². The summed E-state index contributed by atoms with van der Waals surface area (Å²) in [6.45, 7) is 4.57. The van der Waals surface area contributed by atoms with Crippen molar-refractivity contribution in [3.8, 4) is 0 Å². The van der Waals surface area contributed by atoms with E-state index in [1.54, 1.807) is 0 Å². The lowest BCUT2D eigenvalue weighted by Gasteiger charge is -2.62. The van der Waals surface area contributed by atoms with Crippen molar-refractivity contribution in [3.63, 3.8) is 0 Å². The lowest BCUT2D eigenvalue weighted by atomic mass is 9.43. The van der Waals surface area contributed by atoms with E-state index in [-0.39, 0.29) is 33.8 Å². The minimum absolute atomic E-state index is 0.0689. The van der Waals surface area contributed by atoms with E-state index in [9.17, 15) is 25.0 Å². The van der Waals surface area contributed by atoms with E-state index in [4.69, 9.17) is 4.74 Å². The number of carbonyl (C=O) groups excluding carboxylic acids is 1. The molecular weight excluding hydrogens is 460 g/mol. The zero-order valence-corrected chi connectivity index (χ0v) is 19.8. The second-order valence-electron chi connectivity index (χ2n) is 10.5. The van der Waals surface area contributed by atoms with Crippen LogP contribution in [0, 0.1) is 37.5 Å². The summed E-state index contributed by atoms with van der Waals surface area (Å²) in [6.07, 6.45) is 0.306. The molecule has 8 nitrogen and oxygen atoms in total. The molecule has 8 heteroatoms. The van der Waals surface area contributed by atoms with Gasteiger partial charge in [0.25, 0.3) is 11.4 Å². The van der Waals surface area contributed by atoms with Gasteiger partial charge in [0.05, 0.1) is 21.5 Å². The summed E-state index contributed by atoms with van der Waals surface area (Å²) < 4.78 is 5.91. The molecule has 0 amide bonds. The number of nitro groups is 2. The average molecular weight is 485 g/mol. The van der Waals surface area contributed by atoms with Gasteiger partial charge in [-0.15, -0.1) is 0 Å². The molecule has 3 aliphatic rings. The average Bonchev–Trinajstić information content (AvgIpc) is 3.25. The third-order valence-electron chi connectivity index (χ3n) is 9.18. The van der Waals surface area contributed by atoms with Crippen LogP contribution in [-0.4, -0.2) is 21.9 Å². The van der Waals surface area contributed by atoms with Gasteiger partial charge in [-0.3, -0.25) is 20.2 Å². The second-order valence-corrected chi connectivity index (χ2v) is 10.5. The van der Waals surface area contributed by atoms with Crippen LogP contribution in [0.4, 0.5) is 11.4 Å². The first-order valence-electron chi connectivity index (χ1n) is 11.9. The van der Waals surface area contributed by atoms with Crippen molar-refractivity contribution in [2.45, 2.75) is 37.2 Å². The van der Waals surface area contributed by atoms with Crippen molar-refractivity contribution < 1.29 is 19.4 Å². The monoisotopic (exact) mass is 484 g/mol. The second kappa shape index (κ2) is 7.22. The first kappa shape index (κ1) is 22.4. The van der Waals surface area contributed by atoms with E-state index in [2.05, 4.69) is 50.2 Å². The molecular formula is C28H24N2O6. The fraction of sp³-hybridized carbons (Fsp3) is 0.321. The Morgan fingerprint density at radius 1 is 0.833 bits per heavy atom. The third kappa shape index (κ3) is 2.46. The van der Waals surface area contributed by atoms with Crippen LogP contribution in [0.5, 0.6) is 0 Å². The van der Waals surface area contributed by atoms with Gasteiger partial charge in [-0.05, 0) is 28.9 Å². The van der Waals surface area contributed by atoms with Gasteiger partial charge in [0, 0.05) is 28.9 Å². The standard InChI is InChI=1S/C28H24N2O6/c1-26(2)27(18-9-5-3-6-10-18)22-16-23(24(22)28(26,27)19-11-7-4-8-12-19)36-25(31)17-13-20(29(32)33)15-21(14-17)30(34)35/h3-15,22-24H,16H2,1-2H3/t22-,23-,24+,27-,28+/m0/s1. The van der Waals surface area contributed by atoms with Gasteiger partial charge in [0.2, 0.25) is 0 Å². The molecule has 0 saturated heterocycles. The van der Waals surface area contributed by atoms with Crippen LogP contribution in [0.3, 0.4) is 0 Å². The van der Waals surface area contributed by atoms with Crippen molar-refractivity contribution >= 4 is 17.3 Å². The molecule has 0 N–H and O–H groups in total. The maximum Gasteiger partial charge on any atom is 0.338 e. The van der Waals surface area contributed by atoms with Gasteiger partial charge < -0.3 is 4.74 Å². The number of esters is 1. The molecule has 36 heavy (non-hydrogen) atoms. The number of benzene rings is 3. The summed E-state index contributed by atoms with van der Waals surface area (Å²) in [5.41, 5.74) is 0.926. The molecule has 6 rings (SSSR count). The highest BCUT2D eigenvalue weighted by atomic mass is 16.6. The van der Waals surface area contributed by atoms with Crippen molar-refractivity contribution in [3.05, 3.63) is 116 Å². The first-order valence-corrected chi connectivity index (χ1v) is 11.9. The molecule has 3 aromatic carbocycles. The minimum Gasteiger partial charge on any atom is -0.458 e. The highest BCUT2D eigenvalue weighted by Gasteiger charge is 2.99. The molecule has 3 aromatic rings. The topological polar surface area (TPSA) is 113 Å². The molecule has 3 aliphatic carbocycles. The Morgan fingerprint density at radius 3 is 1.83 bits per heavy atom. The van der Waals surface area contributed by atoms with Crippen LogP contribution in [0.1, 0.15) is 41.8 Å². The van der Waals surface area contributed by atoms with Crippen LogP contribution in [0.2, 0.25) is 0 Å². The third-order valence-corrected chi connectivity index (χ3v) is 9.18. The minimum atomic E-state index is -0.774. The largest absolute Gasteiger partial charge is 0.458 e. The van der Waals surface area contributed by atoms with Crippen molar-refractivity contribution in [1.82, 2.24) is 0 Å². The number of fused-ring (bicyclic) bond motifs is 4. The molecule has 3 fully saturated rings. The molecule has 0 radical (unpaired) electrons. The summed E-state index contributed by atoms with van der Waals surface area (Å²) in [5.74, 6) is -0.357. The predicted octanol–water partition coefficient (Wildman–Crippen LogP) is 5.59. The van der Waals surface area contributed by atoms with Gasteiger partial charge in [0.1, 0.15) is 6.10 Å². The Labute approximate surface area is 207 Å². The number of rotatable bonds is 6. The highest BCUT2D eigenvalue weighted by Crippen LogP contribution is 2.96. The molecule has 0 bridgehead atoms. The van der Waals surface area contributed by atoms with Crippen LogP contribution in [-0.2, 0) is 15.6 Å². The number of nitrogens with zero attached hydrogens (tertiary/aromatic N) is 2. The van der Waals surface area contributed by atoms with E-state index < -0.39 is 27.2 Å². The lowest BCUT2D eigenvalue weighted by molar-refractivity contribution is -0.394. The molecule has 3 saturated carbocycles. The molecule has 0 heterocycles. The van der Waals surface area contributed by atoms with Crippen LogP contribution < -0.4 is 0 Å². The molecule has 5 atom stereocenters. The summed E-state index contributed by atoms with van der Waals surface area (Å²) in [7, 11) is 0. The zero-order valence-electron chi connectivity index (χ0n) is 19.8. The normalized spacial score (nSPS) is 30.6. The smallest absolute Gasteiger partial charge is 0.338 e. The van der Waals surface area contributed by atoms with E-state index in [1.165, 1.54) is 11.1 Å². The SMILES string of the molecule is CC1(C)[C@]2(c3ccccc3)[C@H]3C[C@H](OC(=O)c4cc([N+](=O)[O-])cc([N+](=O)[O-])c4)[C@@H]3[C@]12c1ccccc1. The Morgan fingerprint density at radius 2 is 1.33 bits per heavy atom. The molecule has 0 aliphatic heterocycles. The van der Waals surface area contributed by atoms with E-state index in [0.717, 1.165) is 18.2 Å². The van der Waals surface area contributed by atoms with Crippen molar-refractivity contribution in [2.75, 3.05) is 0 Å². The molecule has 0 unspecified atom stereocenters. The van der Waals surface area contributed by atoms with E-state index >= 15 is 0 Å². The van der Waals surface area contributed by atoms with Gasteiger partial charge in [-0.2, -0.15) is 0 Å². The number of hydrogen-bond donors (Lipinski definition) is 0. The van der Waals surface area contributed by atoms with Gasteiger partial charge in [0.15, 0.2) is 0 Å². The number of nitro benzene ring substituents is 2. The number of non-ortho nitro benzene ring substituents is 2. The van der Waals surface area contributed by atoms with Gasteiger partial charge in [-0.25, -0.2) is 4.79 Å². The highest BCUT2D eigenvalue weighted by molar-refractivity contribution is 5.91. The van der Waals surface area contributed by atoms with Crippen LogP contribution >= 0.6 is 0 Å². The number of hydrogen-bond acceptors (Lipinski definition) is 6. The Kier molecular flexibility index (Phi) is 4.49.